The second kappa shape index (κ2) is 7.64. The summed E-state index contributed by atoms with van der Waals surface area (Å²) >= 11 is 5.27. The van der Waals surface area contributed by atoms with Gasteiger partial charge in [0.25, 0.3) is 0 Å². The van der Waals surface area contributed by atoms with Crippen LogP contribution in [0.2, 0.25) is 0 Å². The number of hydrogen-bond acceptors (Lipinski definition) is 2. The lowest BCUT2D eigenvalue weighted by molar-refractivity contribution is 0.411. The van der Waals surface area contributed by atoms with E-state index < -0.39 is 0 Å². The van der Waals surface area contributed by atoms with Crippen LogP contribution >= 0.6 is 12.2 Å². The molecule has 2 N–H and O–H groups in total. The van der Waals surface area contributed by atoms with E-state index in [0.29, 0.717) is 5.11 Å². The fraction of sp³-hybridized carbons (Fsp3) is 0.235. The van der Waals surface area contributed by atoms with E-state index in [1.54, 1.807) is 7.11 Å². The van der Waals surface area contributed by atoms with Gasteiger partial charge in [-0.05, 0) is 54.9 Å². The number of ether oxygens (including phenoxy) is 1. The minimum atomic E-state index is 0.645. The highest BCUT2D eigenvalue weighted by molar-refractivity contribution is 7.80. The Hall–Kier alpha value is -2.07. The van der Waals surface area contributed by atoms with Crippen molar-refractivity contribution in [3.8, 4) is 5.75 Å². The lowest BCUT2D eigenvalue weighted by Crippen LogP contribution is -2.30. The predicted molar refractivity (Wildman–Crippen MR) is 92.1 cm³/mol. The van der Waals surface area contributed by atoms with Gasteiger partial charge in [-0.25, -0.2) is 0 Å². The monoisotopic (exact) mass is 300 g/mol. The molecule has 0 saturated heterocycles. The molecule has 2 aromatic rings. The normalized spacial score (nSPS) is 10.0. The number of para-hydroxylation sites is 1. The average Bonchev–Trinajstić information content (AvgIpc) is 2.48. The topological polar surface area (TPSA) is 33.3 Å². The lowest BCUT2D eigenvalue weighted by Gasteiger charge is -2.11. The molecule has 0 radical (unpaired) electrons. The van der Waals surface area contributed by atoms with Crippen LogP contribution in [-0.2, 0) is 6.42 Å². The minimum Gasteiger partial charge on any atom is -0.496 e. The van der Waals surface area contributed by atoms with E-state index in [4.69, 9.17) is 17.0 Å². The van der Waals surface area contributed by atoms with Crippen LogP contribution in [0.25, 0.3) is 0 Å². The summed E-state index contributed by atoms with van der Waals surface area (Å²) in [5.74, 6) is 0.924. The Morgan fingerprint density at radius 1 is 1.14 bits per heavy atom. The standard InChI is InChI=1S/C17H20N2OS/c1-13-12-14(8-9-16(13)20-2)10-11-18-17(21)19-15-6-4-3-5-7-15/h3-9,12H,10-11H2,1-2H3,(H2,18,19,21). The van der Waals surface area contributed by atoms with Gasteiger partial charge in [0.05, 0.1) is 7.11 Å². The molecule has 0 amide bonds. The Kier molecular flexibility index (Phi) is 5.58. The molecule has 0 spiro atoms. The molecule has 0 aliphatic carbocycles. The number of thiocarbonyl (C=S) groups is 1. The highest BCUT2D eigenvalue weighted by atomic mass is 32.1. The first-order valence-electron chi connectivity index (χ1n) is 6.92. The van der Waals surface area contributed by atoms with Crippen LogP contribution in [0, 0.1) is 6.92 Å². The van der Waals surface area contributed by atoms with E-state index in [1.165, 1.54) is 5.56 Å². The maximum absolute atomic E-state index is 5.27. The van der Waals surface area contributed by atoms with E-state index >= 15 is 0 Å². The summed E-state index contributed by atoms with van der Waals surface area (Å²) < 4.78 is 5.26. The molecule has 0 unspecified atom stereocenters. The van der Waals surface area contributed by atoms with Crippen molar-refractivity contribution in [2.45, 2.75) is 13.3 Å². The third-order valence-corrected chi connectivity index (χ3v) is 3.44. The maximum atomic E-state index is 5.27. The van der Waals surface area contributed by atoms with Crippen molar-refractivity contribution in [2.24, 2.45) is 0 Å². The zero-order valence-electron chi connectivity index (χ0n) is 12.3. The van der Waals surface area contributed by atoms with Crippen molar-refractivity contribution in [3.63, 3.8) is 0 Å². The Bertz CT molecular complexity index is 599. The first-order chi connectivity index (χ1) is 10.2. The number of hydrogen-bond donors (Lipinski definition) is 2. The molecule has 110 valence electrons. The Labute approximate surface area is 131 Å². The zero-order valence-corrected chi connectivity index (χ0v) is 13.2. The van der Waals surface area contributed by atoms with Crippen LogP contribution in [0.15, 0.2) is 48.5 Å². The summed E-state index contributed by atoms with van der Waals surface area (Å²) in [6, 6.07) is 16.1. The molecule has 0 aliphatic rings. The van der Waals surface area contributed by atoms with Crippen LogP contribution < -0.4 is 15.4 Å². The molecule has 0 heterocycles. The largest absolute Gasteiger partial charge is 0.496 e. The van der Waals surface area contributed by atoms with Gasteiger partial charge in [0.2, 0.25) is 0 Å². The highest BCUT2D eigenvalue weighted by Crippen LogP contribution is 2.18. The number of nitrogens with one attached hydrogen (secondary N) is 2. The number of methoxy groups -OCH3 is 1. The second-order valence-electron chi connectivity index (χ2n) is 4.80. The summed E-state index contributed by atoms with van der Waals surface area (Å²) in [7, 11) is 1.69. The average molecular weight is 300 g/mol. The van der Waals surface area contributed by atoms with E-state index in [9.17, 15) is 0 Å². The predicted octanol–water partition coefficient (Wildman–Crippen LogP) is 3.53. The van der Waals surface area contributed by atoms with Gasteiger partial charge in [-0.2, -0.15) is 0 Å². The second-order valence-corrected chi connectivity index (χ2v) is 5.21. The lowest BCUT2D eigenvalue weighted by atomic mass is 10.1. The molecule has 0 atom stereocenters. The van der Waals surface area contributed by atoms with Gasteiger partial charge >= 0.3 is 0 Å². The highest BCUT2D eigenvalue weighted by Gasteiger charge is 2.01. The van der Waals surface area contributed by atoms with Crippen LogP contribution in [0.1, 0.15) is 11.1 Å². The molecule has 0 aliphatic heterocycles. The van der Waals surface area contributed by atoms with Crippen molar-refractivity contribution in [3.05, 3.63) is 59.7 Å². The molecule has 0 bridgehead atoms. The fourth-order valence-electron chi connectivity index (χ4n) is 2.11. The molecule has 0 fully saturated rings. The molecule has 2 rings (SSSR count). The van der Waals surface area contributed by atoms with Gasteiger partial charge in [-0.1, -0.05) is 30.3 Å². The van der Waals surface area contributed by atoms with Gasteiger partial charge in [0.1, 0.15) is 5.75 Å². The molecule has 3 nitrogen and oxygen atoms in total. The minimum absolute atomic E-state index is 0.645. The third kappa shape index (κ3) is 4.76. The summed E-state index contributed by atoms with van der Waals surface area (Å²) in [6.07, 6.45) is 0.918. The van der Waals surface area contributed by atoms with Gasteiger partial charge in [-0.3, -0.25) is 0 Å². The van der Waals surface area contributed by atoms with Crippen molar-refractivity contribution in [1.29, 1.82) is 0 Å². The number of anilines is 1. The first kappa shape index (κ1) is 15.3. The first-order valence-corrected chi connectivity index (χ1v) is 7.33. The van der Waals surface area contributed by atoms with Crippen molar-refractivity contribution in [1.82, 2.24) is 5.32 Å². The van der Waals surface area contributed by atoms with Crippen LogP contribution in [0.4, 0.5) is 5.69 Å². The SMILES string of the molecule is COc1ccc(CCNC(=S)Nc2ccccc2)cc1C. The van der Waals surface area contributed by atoms with Crippen molar-refractivity contribution in [2.75, 3.05) is 19.0 Å². The summed E-state index contributed by atoms with van der Waals surface area (Å²) in [6.45, 7) is 2.85. The Balaban J connectivity index is 1.79. The maximum Gasteiger partial charge on any atom is 0.170 e. The number of rotatable bonds is 5. The summed E-state index contributed by atoms with van der Waals surface area (Å²) in [5.41, 5.74) is 3.42. The van der Waals surface area contributed by atoms with E-state index in [-0.39, 0.29) is 0 Å². The fourth-order valence-corrected chi connectivity index (χ4v) is 2.33. The third-order valence-electron chi connectivity index (χ3n) is 3.19. The van der Waals surface area contributed by atoms with Crippen LogP contribution in [-0.4, -0.2) is 18.8 Å². The Morgan fingerprint density at radius 3 is 2.57 bits per heavy atom. The quantitative estimate of drug-likeness (QED) is 0.828. The Morgan fingerprint density at radius 2 is 1.90 bits per heavy atom. The summed E-state index contributed by atoms with van der Waals surface area (Å²) in [5, 5.41) is 7.02. The van der Waals surface area contributed by atoms with Crippen molar-refractivity contribution >= 4 is 23.0 Å². The van der Waals surface area contributed by atoms with Crippen LogP contribution in [0.5, 0.6) is 5.75 Å². The number of aryl methyl sites for hydroxylation is 1. The molecule has 4 heteroatoms. The molecule has 0 aromatic heterocycles. The zero-order chi connectivity index (χ0) is 15.1. The van der Waals surface area contributed by atoms with Gasteiger partial charge in [0.15, 0.2) is 5.11 Å². The molecule has 21 heavy (non-hydrogen) atoms. The smallest absolute Gasteiger partial charge is 0.170 e. The van der Waals surface area contributed by atoms with E-state index in [1.807, 2.05) is 36.4 Å². The van der Waals surface area contributed by atoms with Crippen molar-refractivity contribution < 1.29 is 4.74 Å². The molecule has 0 saturated carbocycles. The van der Waals surface area contributed by atoms with Gasteiger partial charge in [-0.15, -0.1) is 0 Å². The van der Waals surface area contributed by atoms with E-state index in [0.717, 1.165) is 30.0 Å². The van der Waals surface area contributed by atoms with Gasteiger partial charge < -0.3 is 15.4 Å². The molecular weight excluding hydrogens is 280 g/mol. The van der Waals surface area contributed by atoms with E-state index in [2.05, 4.69) is 29.7 Å². The molecular formula is C17H20N2OS. The molecule has 2 aromatic carbocycles. The number of benzene rings is 2. The summed E-state index contributed by atoms with van der Waals surface area (Å²) in [4.78, 5) is 0. The van der Waals surface area contributed by atoms with Crippen LogP contribution in [0.3, 0.4) is 0 Å². The van der Waals surface area contributed by atoms with Gasteiger partial charge in [0, 0.05) is 12.2 Å².